The van der Waals surface area contributed by atoms with Gasteiger partial charge in [0.25, 0.3) is 0 Å². The summed E-state index contributed by atoms with van der Waals surface area (Å²) in [5, 5.41) is 56.9. The highest BCUT2D eigenvalue weighted by atomic mass is 32.1. The van der Waals surface area contributed by atoms with E-state index in [1.165, 1.54) is 12.1 Å². The van der Waals surface area contributed by atoms with E-state index >= 15 is 0 Å². The van der Waals surface area contributed by atoms with Crippen LogP contribution in [0.1, 0.15) is 18.1 Å². The molecule has 8 amide bonds. The molecule has 3 rings (SSSR count). The highest BCUT2D eigenvalue weighted by molar-refractivity contribution is 7.80. The molecule has 25 heteroatoms. The summed E-state index contributed by atoms with van der Waals surface area (Å²) in [6.07, 6.45) is -6.31. The van der Waals surface area contributed by atoms with Gasteiger partial charge in [0.15, 0.2) is 6.29 Å². The number of thiol groups is 2. The molecule has 0 aliphatic carbocycles. The molecule has 0 aromatic heterocycles. The molecule has 352 valence electrons. The van der Waals surface area contributed by atoms with Crippen LogP contribution in [0.4, 0.5) is 0 Å². The van der Waals surface area contributed by atoms with Crippen molar-refractivity contribution in [2.45, 2.75) is 80.6 Å². The second-order valence-corrected chi connectivity index (χ2v) is 15.2. The molecular formula is C39H55N9O14S2. The number of nitrogens with one attached hydrogen (secondary N) is 7. The van der Waals surface area contributed by atoms with E-state index in [-0.39, 0.29) is 30.1 Å². The zero-order valence-corrected chi connectivity index (χ0v) is 36.3. The fourth-order valence-electron chi connectivity index (χ4n) is 6.07. The molecule has 1 aliphatic rings. The number of hydrogen-bond acceptors (Lipinski definition) is 17. The van der Waals surface area contributed by atoms with Gasteiger partial charge in [0.05, 0.1) is 32.3 Å². The van der Waals surface area contributed by atoms with E-state index in [4.69, 9.17) is 20.9 Å². The van der Waals surface area contributed by atoms with E-state index in [2.05, 4.69) is 62.5 Å². The Morgan fingerprint density at radius 2 is 1.27 bits per heavy atom. The average Bonchev–Trinajstić information content (AvgIpc) is 3.26. The Labute approximate surface area is 378 Å². The minimum absolute atomic E-state index is 0.0338. The first-order valence-corrected chi connectivity index (χ1v) is 21.0. The van der Waals surface area contributed by atoms with Gasteiger partial charge < -0.3 is 78.6 Å². The smallest absolute Gasteiger partial charge is 0.245 e. The minimum Gasteiger partial charge on any atom is -0.508 e. The maximum Gasteiger partial charge on any atom is 0.245 e. The van der Waals surface area contributed by atoms with Crippen LogP contribution >= 0.6 is 25.3 Å². The van der Waals surface area contributed by atoms with Crippen LogP contribution in [0.3, 0.4) is 0 Å². The Kier molecular flexibility index (Phi) is 21.7. The Morgan fingerprint density at radius 3 is 1.86 bits per heavy atom. The molecule has 0 unspecified atom stereocenters. The number of benzene rings is 2. The van der Waals surface area contributed by atoms with Gasteiger partial charge in [-0.1, -0.05) is 42.5 Å². The van der Waals surface area contributed by atoms with Crippen LogP contribution in [0.15, 0.2) is 54.6 Å². The van der Waals surface area contributed by atoms with E-state index in [1.54, 1.807) is 42.5 Å². The van der Waals surface area contributed by atoms with Crippen LogP contribution in [-0.4, -0.2) is 166 Å². The monoisotopic (exact) mass is 937 g/mol. The van der Waals surface area contributed by atoms with E-state index in [0.29, 0.717) is 11.1 Å². The van der Waals surface area contributed by atoms with Gasteiger partial charge in [0, 0.05) is 24.9 Å². The summed E-state index contributed by atoms with van der Waals surface area (Å²) in [5.41, 5.74) is 12.4. The lowest BCUT2D eigenvalue weighted by Crippen LogP contribution is -2.65. The second kappa shape index (κ2) is 26.3. The molecule has 0 spiro atoms. The van der Waals surface area contributed by atoms with Crippen LogP contribution in [0.5, 0.6) is 5.75 Å². The van der Waals surface area contributed by atoms with Crippen molar-refractivity contribution in [2.24, 2.45) is 11.5 Å². The Bertz CT molecular complexity index is 1920. The summed E-state index contributed by atoms with van der Waals surface area (Å²) in [6.45, 7) is -1.74. The van der Waals surface area contributed by atoms with E-state index in [0.717, 1.165) is 6.92 Å². The minimum atomic E-state index is -1.70. The molecule has 1 heterocycles. The number of carbonyl (C=O) groups is 8. The van der Waals surface area contributed by atoms with Crippen molar-refractivity contribution in [1.29, 1.82) is 0 Å². The van der Waals surface area contributed by atoms with Crippen molar-refractivity contribution >= 4 is 72.5 Å². The third-order valence-electron chi connectivity index (χ3n) is 9.47. The number of aliphatic hydroxyl groups is 3. The van der Waals surface area contributed by atoms with Gasteiger partial charge in [-0.05, 0) is 29.7 Å². The van der Waals surface area contributed by atoms with E-state index in [9.17, 15) is 58.8 Å². The quantitative estimate of drug-likeness (QED) is 0.0436. The highest BCUT2D eigenvalue weighted by Gasteiger charge is 2.46. The summed E-state index contributed by atoms with van der Waals surface area (Å²) in [4.78, 5) is 103. The van der Waals surface area contributed by atoms with Crippen LogP contribution in [-0.2, 0) is 60.7 Å². The van der Waals surface area contributed by atoms with Crippen LogP contribution in [0.25, 0.3) is 0 Å². The van der Waals surface area contributed by atoms with Gasteiger partial charge >= 0.3 is 0 Å². The lowest BCUT2D eigenvalue weighted by Gasteiger charge is -2.42. The van der Waals surface area contributed by atoms with Crippen molar-refractivity contribution in [2.75, 3.05) is 37.8 Å². The normalized spacial score (nSPS) is 20.5. The summed E-state index contributed by atoms with van der Waals surface area (Å²) in [6, 6.07) is 6.33. The van der Waals surface area contributed by atoms with Crippen molar-refractivity contribution in [3.05, 3.63) is 65.7 Å². The fraction of sp³-hybridized carbons (Fsp3) is 0.487. The van der Waals surface area contributed by atoms with Crippen molar-refractivity contribution in [3.63, 3.8) is 0 Å². The number of nitrogens with two attached hydrogens (primary N) is 2. The third kappa shape index (κ3) is 16.9. The number of carbonyl (C=O) groups excluding carboxylic acids is 8. The first-order chi connectivity index (χ1) is 30.4. The molecule has 64 heavy (non-hydrogen) atoms. The largest absolute Gasteiger partial charge is 0.508 e. The van der Waals surface area contributed by atoms with Crippen molar-refractivity contribution < 1.29 is 68.3 Å². The summed E-state index contributed by atoms with van der Waals surface area (Å²) < 4.78 is 11.2. The Morgan fingerprint density at radius 1 is 0.719 bits per heavy atom. The topological polar surface area (TPSA) is 372 Å². The van der Waals surface area contributed by atoms with Crippen molar-refractivity contribution in [3.8, 4) is 5.75 Å². The predicted octanol–water partition coefficient (Wildman–Crippen LogP) is -6.02. The first-order valence-electron chi connectivity index (χ1n) is 19.7. The lowest BCUT2D eigenvalue weighted by molar-refractivity contribution is -0.271. The summed E-state index contributed by atoms with van der Waals surface area (Å²) >= 11 is 8.32. The maximum absolute atomic E-state index is 13.8. The van der Waals surface area contributed by atoms with Gasteiger partial charge in [-0.15, -0.1) is 0 Å². The molecule has 1 fully saturated rings. The fourth-order valence-corrected chi connectivity index (χ4v) is 6.58. The zero-order chi connectivity index (χ0) is 47.5. The molecule has 23 nitrogen and oxygen atoms in total. The number of hydrogen-bond donors (Lipinski definition) is 15. The van der Waals surface area contributed by atoms with Gasteiger partial charge in [-0.25, -0.2) is 0 Å². The first kappa shape index (κ1) is 52.8. The molecule has 2 aromatic carbocycles. The molecule has 2 aromatic rings. The van der Waals surface area contributed by atoms with Crippen LogP contribution in [0, 0.1) is 0 Å². The standard InChI is InChI=1S/C39H55N9O14S2/c1-19(50)44-31-33(55)32(54)28(15-49)62-39(31)61-16-25(35(57)42-13-29(41)52)46-38(60)27(18-64)48-37(59)24(12-20-5-3-2-4-6-20)45-30(53)14-43-36(58)26(17-63)47-34(56)23(40)11-21-7-9-22(51)10-8-21/h2-10,23-28,31-33,39,49,51,54-55,63-64H,11-18,40H2,1H3,(H2,41,52)(H,42,57)(H,43,58)(H,44,50)(H,45,53)(H,46,60)(H,47,56)(H,48,59)/t23-,24-,25-,26+,27+,28+,31+,32+,33+,39+/m0/s1. The maximum atomic E-state index is 13.8. The molecule has 1 saturated heterocycles. The van der Waals surface area contributed by atoms with Gasteiger partial charge in [0.1, 0.15) is 54.3 Å². The number of rotatable bonds is 24. The molecule has 0 radical (unpaired) electrons. The van der Waals surface area contributed by atoms with Gasteiger partial charge in [0.2, 0.25) is 47.3 Å². The Hall–Kier alpha value is -5.54. The molecule has 10 atom stereocenters. The average molecular weight is 938 g/mol. The number of phenols is 1. The zero-order valence-electron chi connectivity index (χ0n) is 34.5. The number of aliphatic hydroxyl groups excluding tert-OH is 3. The van der Waals surface area contributed by atoms with E-state index in [1.807, 2.05) is 0 Å². The number of primary amides is 1. The second-order valence-electron chi connectivity index (χ2n) is 14.5. The SMILES string of the molecule is CC(=O)N[C@H]1[C@H](OC[C@H](NC(=O)[C@@H](CS)NC(=O)[C@H](Cc2ccccc2)NC(=O)CNC(=O)[C@@H](CS)NC(=O)[C@@H](N)Cc2ccc(O)cc2)C(=O)NCC(N)=O)O[C@H](CO)[C@@H](O)[C@@H]1O. The van der Waals surface area contributed by atoms with E-state index < -0.39 is 134 Å². The number of aromatic hydroxyl groups is 1. The summed E-state index contributed by atoms with van der Waals surface area (Å²) in [5.74, 6) is -7.28. The van der Waals surface area contributed by atoms with Crippen molar-refractivity contribution in [1.82, 2.24) is 37.2 Å². The van der Waals surface area contributed by atoms with Crippen LogP contribution < -0.4 is 48.7 Å². The molecular weight excluding hydrogens is 883 g/mol. The molecule has 1 aliphatic heterocycles. The molecule has 0 bridgehead atoms. The highest BCUT2D eigenvalue weighted by Crippen LogP contribution is 2.22. The third-order valence-corrected chi connectivity index (χ3v) is 10.2. The van der Waals surface area contributed by atoms with Gasteiger partial charge in [-0.2, -0.15) is 25.3 Å². The number of phenolic OH excluding ortho intramolecular Hbond substituents is 1. The molecule has 15 N–H and O–H groups in total. The number of amides is 8. The predicted molar refractivity (Wildman–Crippen MR) is 232 cm³/mol. The Balaban J connectivity index is 1.70. The lowest BCUT2D eigenvalue weighted by atomic mass is 9.97. The van der Waals surface area contributed by atoms with Crippen LogP contribution in [0.2, 0.25) is 0 Å². The number of ether oxygens (including phenoxy) is 2. The molecule has 0 saturated carbocycles. The van der Waals surface area contributed by atoms with Gasteiger partial charge in [-0.3, -0.25) is 38.4 Å². The summed E-state index contributed by atoms with van der Waals surface area (Å²) in [7, 11) is 0.